The van der Waals surface area contributed by atoms with Crippen molar-refractivity contribution in [2.24, 2.45) is 0 Å². The Morgan fingerprint density at radius 2 is 1.74 bits per heavy atom. The van der Waals surface area contributed by atoms with Gasteiger partial charge in [0.15, 0.2) is 17.3 Å². The highest BCUT2D eigenvalue weighted by atomic mass is 32.2. The van der Waals surface area contributed by atoms with Crippen LogP contribution >= 0.6 is 0 Å². The SMILES string of the molecule is COCc1c(C(=O)N2CCN(S(=O)(=O)c3ccc4c(c3)OCCCO4)CC2)oc2ccccc12. The molecule has 1 amide bonds. The number of sulfonamides is 1. The largest absolute Gasteiger partial charge is 0.490 e. The summed E-state index contributed by atoms with van der Waals surface area (Å²) < 4.78 is 50.3. The summed E-state index contributed by atoms with van der Waals surface area (Å²) in [6.07, 6.45) is 0.740. The van der Waals surface area contributed by atoms with Crippen molar-refractivity contribution in [3.8, 4) is 11.5 Å². The molecule has 0 saturated carbocycles. The van der Waals surface area contributed by atoms with Crippen LogP contribution in [0.2, 0.25) is 0 Å². The molecule has 10 heteroatoms. The minimum atomic E-state index is -3.74. The maximum atomic E-state index is 13.3. The summed E-state index contributed by atoms with van der Waals surface area (Å²) in [5, 5.41) is 0.836. The highest BCUT2D eigenvalue weighted by Crippen LogP contribution is 2.33. The van der Waals surface area contributed by atoms with Crippen molar-refractivity contribution >= 4 is 26.9 Å². The molecule has 2 aliphatic rings. The van der Waals surface area contributed by atoms with Gasteiger partial charge in [0.1, 0.15) is 5.58 Å². The van der Waals surface area contributed by atoms with Crippen LogP contribution in [0.5, 0.6) is 11.5 Å². The topological polar surface area (TPSA) is 98.5 Å². The maximum Gasteiger partial charge on any atom is 0.290 e. The molecule has 2 aliphatic heterocycles. The van der Waals surface area contributed by atoms with Gasteiger partial charge in [-0.2, -0.15) is 4.31 Å². The number of furan rings is 1. The average molecular weight is 487 g/mol. The molecule has 9 nitrogen and oxygen atoms in total. The fraction of sp³-hybridized carbons (Fsp3) is 0.375. The number of rotatable bonds is 5. The summed E-state index contributed by atoms with van der Waals surface area (Å²) >= 11 is 0. The van der Waals surface area contributed by atoms with E-state index in [-0.39, 0.29) is 49.3 Å². The molecule has 0 atom stereocenters. The molecule has 1 saturated heterocycles. The van der Waals surface area contributed by atoms with E-state index in [9.17, 15) is 13.2 Å². The third-order valence-corrected chi connectivity index (χ3v) is 7.96. The molecule has 0 N–H and O–H groups in total. The summed E-state index contributed by atoms with van der Waals surface area (Å²) in [6.45, 7) is 2.13. The van der Waals surface area contributed by atoms with Gasteiger partial charge in [-0.15, -0.1) is 0 Å². The van der Waals surface area contributed by atoms with E-state index in [1.807, 2.05) is 24.3 Å². The first-order valence-electron chi connectivity index (χ1n) is 11.2. The van der Waals surface area contributed by atoms with Crippen LogP contribution in [-0.2, 0) is 21.4 Å². The lowest BCUT2D eigenvalue weighted by atomic mass is 10.1. The molecule has 180 valence electrons. The van der Waals surface area contributed by atoms with Crippen LogP contribution in [0.15, 0.2) is 51.8 Å². The van der Waals surface area contributed by atoms with Crippen LogP contribution in [0.1, 0.15) is 22.5 Å². The van der Waals surface area contributed by atoms with Gasteiger partial charge in [0.2, 0.25) is 10.0 Å². The van der Waals surface area contributed by atoms with Crippen molar-refractivity contribution in [2.45, 2.75) is 17.9 Å². The summed E-state index contributed by atoms with van der Waals surface area (Å²) in [5.74, 6) is 0.950. The fourth-order valence-corrected chi connectivity index (χ4v) is 5.73. The second-order valence-electron chi connectivity index (χ2n) is 8.19. The Bertz CT molecular complexity index is 1310. The van der Waals surface area contributed by atoms with Gasteiger partial charge in [-0.05, 0) is 18.2 Å². The van der Waals surface area contributed by atoms with E-state index in [1.165, 1.54) is 16.4 Å². The number of carbonyl (C=O) groups is 1. The van der Waals surface area contributed by atoms with E-state index in [0.717, 1.165) is 11.8 Å². The number of amides is 1. The standard InChI is InChI=1S/C24H26N2O7S/c1-30-16-19-18-5-2-3-6-20(18)33-23(19)24(27)25-9-11-26(12-10-25)34(28,29)17-7-8-21-22(15-17)32-14-4-13-31-21/h2-3,5-8,15H,4,9-14,16H2,1H3. The van der Waals surface area contributed by atoms with Crippen LogP contribution in [0.25, 0.3) is 11.0 Å². The Morgan fingerprint density at radius 3 is 2.50 bits per heavy atom. The van der Waals surface area contributed by atoms with Crippen molar-refractivity contribution in [3.63, 3.8) is 0 Å². The molecule has 0 radical (unpaired) electrons. The molecule has 2 aromatic carbocycles. The van der Waals surface area contributed by atoms with Gasteiger partial charge < -0.3 is 23.5 Å². The zero-order valence-corrected chi connectivity index (χ0v) is 19.7. The molecule has 3 heterocycles. The quantitative estimate of drug-likeness (QED) is 0.547. The van der Waals surface area contributed by atoms with Gasteiger partial charge >= 0.3 is 0 Å². The van der Waals surface area contributed by atoms with Gasteiger partial charge in [0.25, 0.3) is 5.91 Å². The Labute approximate surface area is 197 Å². The molecule has 0 unspecified atom stereocenters. The third-order valence-electron chi connectivity index (χ3n) is 6.06. The van der Waals surface area contributed by atoms with Gasteiger partial charge in [-0.3, -0.25) is 4.79 Å². The van der Waals surface area contributed by atoms with Crippen molar-refractivity contribution < 1.29 is 31.8 Å². The number of nitrogens with zero attached hydrogens (tertiary/aromatic N) is 2. The van der Waals surface area contributed by atoms with Crippen LogP contribution in [0, 0.1) is 0 Å². The number of carbonyl (C=O) groups excluding carboxylic acids is 1. The normalized spacial score (nSPS) is 17.0. The Morgan fingerprint density at radius 1 is 1.00 bits per heavy atom. The van der Waals surface area contributed by atoms with E-state index in [1.54, 1.807) is 18.1 Å². The third kappa shape index (κ3) is 4.13. The number of fused-ring (bicyclic) bond motifs is 2. The average Bonchev–Trinajstić information content (AvgIpc) is 3.05. The first-order valence-corrected chi connectivity index (χ1v) is 12.6. The highest BCUT2D eigenvalue weighted by Gasteiger charge is 2.33. The van der Waals surface area contributed by atoms with E-state index in [2.05, 4.69) is 0 Å². The molecule has 0 bridgehead atoms. The number of ether oxygens (including phenoxy) is 3. The van der Waals surface area contributed by atoms with Crippen LogP contribution in [0.3, 0.4) is 0 Å². The summed E-state index contributed by atoms with van der Waals surface area (Å²) in [4.78, 5) is 15.0. The van der Waals surface area contributed by atoms with Crippen molar-refractivity contribution in [1.29, 1.82) is 0 Å². The molecule has 5 rings (SSSR count). The lowest BCUT2D eigenvalue weighted by Gasteiger charge is -2.33. The minimum Gasteiger partial charge on any atom is -0.490 e. The zero-order chi connectivity index (χ0) is 23.7. The molecule has 1 aromatic heterocycles. The summed E-state index contributed by atoms with van der Waals surface area (Å²) in [6, 6.07) is 12.1. The lowest BCUT2D eigenvalue weighted by Crippen LogP contribution is -2.50. The van der Waals surface area contributed by atoms with E-state index in [0.29, 0.717) is 35.9 Å². The van der Waals surface area contributed by atoms with Gasteiger partial charge in [0.05, 0.1) is 24.7 Å². The first kappa shape index (κ1) is 22.7. The first-order chi connectivity index (χ1) is 16.5. The predicted octanol–water partition coefficient (Wildman–Crippen LogP) is 2.89. The lowest BCUT2D eigenvalue weighted by molar-refractivity contribution is 0.0662. The van der Waals surface area contributed by atoms with Crippen molar-refractivity contribution in [1.82, 2.24) is 9.21 Å². The number of piperazine rings is 1. The second-order valence-corrected chi connectivity index (χ2v) is 10.1. The monoisotopic (exact) mass is 486 g/mol. The number of benzene rings is 2. The zero-order valence-electron chi connectivity index (χ0n) is 18.9. The maximum absolute atomic E-state index is 13.3. The molecule has 3 aromatic rings. The molecule has 0 aliphatic carbocycles. The van der Waals surface area contributed by atoms with Gasteiger partial charge in [0, 0.05) is 56.7 Å². The van der Waals surface area contributed by atoms with Crippen LogP contribution in [-0.4, -0.2) is 70.0 Å². The summed E-state index contributed by atoms with van der Waals surface area (Å²) in [7, 11) is -2.17. The Kier molecular flexibility index (Phi) is 6.20. The van der Waals surface area contributed by atoms with E-state index in [4.69, 9.17) is 18.6 Å². The summed E-state index contributed by atoms with van der Waals surface area (Å²) in [5.41, 5.74) is 1.32. The molecular weight excluding hydrogens is 460 g/mol. The number of methoxy groups -OCH3 is 1. The molecule has 1 fully saturated rings. The van der Waals surface area contributed by atoms with Gasteiger partial charge in [-0.25, -0.2) is 8.42 Å². The Balaban J connectivity index is 1.32. The molecular formula is C24H26N2O7S. The van der Waals surface area contributed by atoms with Crippen molar-refractivity contribution in [2.75, 3.05) is 46.5 Å². The second kappa shape index (κ2) is 9.28. The van der Waals surface area contributed by atoms with Gasteiger partial charge in [-0.1, -0.05) is 18.2 Å². The number of para-hydroxylation sites is 1. The Hall–Kier alpha value is -3.08. The van der Waals surface area contributed by atoms with Crippen LogP contribution in [0.4, 0.5) is 0 Å². The smallest absolute Gasteiger partial charge is 0.290 e. The highest BCUT2D eigenvalue weighted by molar-refractivity contribution is 7.89. The van der Waals surface area contributed by atoms with E-state index >= 15 is 0 Å². The number of hydrogen-bond acceptors (Lipinski definition) is 7. The predicted molar refractivity (Wildman–Crippen MR) is 124 cm³/mol. The fourth-order valence-electron chi connectivity index (χ4n) is 4.29. The number of hydrogen-bond donors (Lipinski definition) is 0. The molecule has 34 heavy (non-hydrogen) atoms. The molecule has 0 spiro atoms. The minimum absolute atomic E-state index is 0.149. The van der Waals surface area contributed by atoms with Crippen molar-refractivity contribution in [3.05, 3.63) is 53.8 Å². The van der Waals surface area contributed by atoms with E-state index < -0.39 is 10.0 Å². The van der Waals surface area contributed by atoms with Crippen LogP contribution < -0.4 is 9.47 Å².